The minimum atomic E-state index is -0.336. The zero-order valence-corrected chi connectivity index (χ0v) is 7.81. The first-order valence-corrected chi connectivity index (χ1v) is 4.32. The third-order valence-electron chi connectivity index (χ3n) is 1.77. The number of amides is 1. The van der Waals surface area contributed by atoms with Crippen LogP contribution in [-0.2, 0) is 0 Å². The molecule has 0 bridgehead atoms. The molecular weight excluding hydrogens is 194 g/mol. The molecule has 0 fully saturated rings. The summed E-state index contributed by atoms with van der Waals surface area (Å²) in [6.45, 7) is 0. The van der Waals surface area contributed by atoms with Gasteiger partial charge in [0.2, 0.25) is 0 Å². The molecule has 0 aromatic carbocycles. The lowest BCUT2D eigenvalue weighted by molar-refractivity contribution is 0.0996. The molecular formula is C10H9N3O2. The van der Waals surface area contributed by atoms with Crippen molar-refractivity contribution in [3.05, 3.63) is 42.5 Å². The van der Waals surface area contributed by atoms with Crippen molar-refractivity contribution in [3.63, 3.8) is 0 Å². The molecule has 0 aliphatic carbocycles. The second-order valence-corrected chi connectivity index (χ2v) is 2.91. The first-order chi connectivity index (χ1) is 7.25. The van der Waals surface area contributed by atoms with E-state index in [0.29, 0.717) is 11.5 Å². The minimum absolute atomic E-state index is 0.244. The third kappa shape index (κ3) is 2.14. The van der Waals surface area contributed by atoms with Gasteiger partial charge in [0.25, 0.3) is 5.91 Å². The van der Waals surface area contributed by atoms with Gasteiger partial charge >= 0.3 is 0 Å². The Kier molecular flexibility index (Phi) is 2.37. The molecule has 2 aromatic rings. The zero-order valence-electron chi connectivity index (χ0n) is 7.81. The first kappa shape index (κ1) is 9.26. The van der Waals surface area contributed by atoms with E-state index in [2.05, 4.69) is 10.3 Å². The van der Waals surface area contributed by atoms with Crippen molar-refractivity contribution >= 4 is 17.4 Å². The van der Waals surface area contributed by atoms with Crippen LogP contribution in [0.5, 0.6) is 0 Å². The number of pyridine rings is 1. The highest BCUT2D eigenvalue weighted by atomic mass is 16.3. The van der Waals surface area contributed by atoms with E-state index >= 15 is 0 Å². The SMILES string of the molecule is Nc1ccc(NC(=O)c2ccco2)nc1. The molecule has 76 valence electrons. The fourth-order valence-electron chi connectivity index (χ4n) is 1.06. The summed E-state index contributed by atoms with van der Waals surface area (Å²) in [5.41, 5.74) is 6.01. The predicted octanol–water partition coefficient (Wildman–Crippen LogP) is 1.51. The zero-order chi connectivity index (χ0) is 10.7. The molecule has 0 aliphatic rings. The van der Waals surface area contributed by atoms with E-state index in [1.54, 1.807) is 24.3 Å². The van der Waals surface area contributed by atoms with E-state index in [1.807, 2.05) is 0 Å². The predicted molar refractivity (Wildman–Crippen MR) is 55.3 cm³/mol. The Morgan fingerprint density at radius 2 is 2.27 bits per heavy atom. The van der Waals surface area contributed by atoms with Crippen LogP contribution >= 0.6 is 0 Å². The summed E-state index contributed by atoms with van der Waals surface area (Å²) in [6, 6.07) is 6.50. The van der Waals surface area contributed by atoms with Gasteiger partial charge in [-0.05, 0) is 24.3 Å². The molecule has 0 saturated carbocycles. The van der Waals surface area contributed by atoms with Crippen LogP contribution < -0.4 is 11.1 Å². The van der Waals surface area contributed by atoms with Crippen LogP contribution in [0.4, 0.5) is 11.5 Å². The lowest BCUT2D eigenvalue weighted by atomic mass is 10.4. The van der Waals surface area contributed by atoms with Crippen molar-refractivity contribution in [1.82, 2.24) is 4.98 Å². The Hall–Kier alpha value is -2.30. The summed E-state index contributed by atoms with van der Waals surface area (Å²) in [4.78, 5) is 15.4. The molecule has 0 atom stereocenters. The van der Waals surface area contributed by atoms with E-state index in [9.17, 15) is 4.79 Å². The number of nitrogens with two attached hydrogens (primary N) is 1. The molecule has 3 N–H and O–H groups in total. The van der Waals surface area contributed by atoms with E-state index in [4.69, 9.17) is 10.2 Å². The average molecular weight is 203 g/mol. The van der Waals surface area contributed by atoms with Gasteiger partial charge in [-0.1, -0.05) is 0 Å². The van der Waals surface area contributed by atoms with Gasteiger partial charge in [-0.15, -0.1) is 0 Å². The Balaban J connectivity index is 2.09. The number of nitrogens with one attached hydrogen (secondary N) is 1. The number of aromatic nitrogens is 1. The van der Waals surface area contributed by atoms with Gasteiger partial charge in [0.1, 0.15) is 5.82 Å². The number of rotatable bonds is 2. The molecule has 1 amide bonds. The molecule has 0 radical (unpaired) electrons. The highest BCUT2D eigenvalue weighted by Gasteiger charge is 2.08. The monoisotopic (exact) mass is 203 g/mol. The minimum Gasteiger partial charge on any atom is -0.459 e. The number of hydrogen-bond acceptors (Lipinski definition) is 4. The largest absolute Gasteiger partial charge is 0.459 e. The van der Waals surface area contributed by atoms with Gasteiger partial charge in [0.15, 0.2) is 5.76 Å². The second kappa shape index (κ2) is 3.83. The number of nitrogen functional groups attached to an aromatic ring is 1. The summed E-state index contributed by atoms with van der Waals surface area (Å²) in [6.07, 6.45) is 2.91. The van der Waals surface area contributed by atoms with Gasteiger partial charge in [-0.2, -0.15) is 0 Å². The first-order valence-electron chi connectivity index (χ1n) is 4.32. The Morgan fingerprint density at radius 1 is 1.40 bits per heavy atom. The summed E-state index contributed by atoms with van der Waals surface area (Å²) in [5.74, 6) is 0.344. The highest BCUT2D eigenvalue weighted by molar-refractivity contribution is 6.01. The van der Waals surface area contributed by atoms with Gasteiger partial charge in [0, 0.05) is 0 Å². The number of carbonyl (C=O) groups excluding carboxylic acids is 1. The van der Waals surface area contributed by atoms with Gasteiger partial charge in [0.05, 0.1) is 18.1 Å². The molecule has 2 heterocycles. The quantitative estimate of drug-likeness (QED) is 0.775. The maximum atomic E-state index is 11.5. The number of furan rings is 1. The van der Waals surface area contributed by atoms with E-state index < -0.39 is 0 Å². The maximum Gasteiger partial charge on any atom is 0.292 e. The lowest BCUT2D eigenvalue weighted by Crippen LogP contribution is -2.11. The fourth-order valence-corrected chi connectivity index (χ4v) is 1.06. The van der Waals surface area contributed by atoms with E-state index in [0.717, 1.165) is 0 Å². The van der Waals surface area contributed by atoms with Crippen molar-refractivity contribution in [2.24, 2.45) is 0 Å². The van der Waals surface area contributed by atoms with E-state index in [1.165, 1.54) is 12.5 Å². The fraction of sp³-hybridized carbons (Fsp3) is 0. The highest BCUT2D eigenvalue weighted by Crippen LogP contribution is 2.08. The van der Waals surface area contributed by atoms with Crippen molar-refractivity contribution in [3.8, 4) is 0 Å². The van der Waals surface area contributed by atoms with Crippen molar-refractivity contribution in [2.75, 3.05) is 11.1 Å². The molecule has 0 spiro atoms. The normalized spacial score (nSPS) is 9.87. The molecule has 0 unspecified atom stereocenters. The van der Waals surface area contributed by atoms with Crippen molar-refractivity contribution in [2.45, 2.75) is 0 Å². The smallest absolute Gasteiger partial charge is 0.292 e. The second-order valence-electron chi connectivity index (χ2n) is 2.91. The van der Waals surface area contributed by atoms with Crippen LogP contribution in [0.15, 0.2) is 41.1 Å². The van der Waals surface area contributed by atoms with Gasteiger partial charge in [-0.25, -0.2) is 4.98 Å². The van der Waals surface area contributed by atoms with Gasteiger partial charge < -0.3 is 15.5 Å². The van der Waals surface area contributed by atoms with E-state index in [-0.39, 0.29) is 11.7 Å². The topological polar surface area (TPSA) is 81.1 Å². The Labute approximate surface area is 85.9 Å². The molecule has 2 rings (SSSR count). The number of nitrogens with zero attached hydrogens (tertiary/aromatic N) is 1. The molecule has 5 nitrogen and oxygen atoms in total. The van der Waals surface area contributed by atoms with Crippen LogP contribution in [-0.4, -0.2) is 10.9 Å². The summed E-state index contributed by atoms with van der Waals surface area (Å²) in [7, 11) is 0. The van der Waals surface area contributed by atoms with Crippen molar-refractivity contribution < 1.29 is 9.21 Å². The lowest BCUT2D eigenvalue weighted by Gasteiger charge is -2.01. The van der Waals surface area contributed by atoms with Crippen LogP contribution in [0.25, 0.3) is 0 Å². The maximum absolute atomic E-state index is 11.5. The Bertz CT molecular complexity index is 448. The average Bonchev–Trinajstić information content (AvgIpc) is 2.74. The van der Waals surface area contributed by atoms with Crippen molar-refractivity contribution in [1.29, 1.82) is 0 Å². The molecule has 2 aromatic heterocycles. The number of carbonyl (C=O) groups is 1. The van der Waals surface area contributed by atoms with Gasteiger partial charge in [-0.3, -0.25) is 4.79 Å². The number of hydrogen-bond donors (Lipinski definition) is 2. The standard InChI is InChI=1S/C10H9N3O2/c11-7-3-4-9(12-6-7)13-10(14)8-2-1-5-15-8/h1-6H,11H2,(H,12,13,14). The molecule has 0 saturated heterocycles. The Morgan fingerprint density at radius 3 is 2.87 bits per heavy atom. The molecule has 15 heavy (non-hydrogen) atoms. The summed E-state index contributed by atoms with van der Waals surface area (Å²) in [5, 5.41) is 2.57. The molecule has 0 aliphatic heterocycles. The summed E-state index contributed by atoms with van der Waals surface area (Å²) < 4.78 is 4.93. The van der Waals surface area contributed by atoms with Crippen LogP contribution in [0, 0.1) is 0 Å². The van der Waals surface area contributed by atoms with Crippen LogP contribution in [0.3, 0.4) is 0 Å². The third-order valence-corrected chi connectivity index (χ3v) is 1.77. The summed E-state index contributed by atoms with van der Waals surface area (Å²) >= 11 is 0. The van der Waals surface area contributed by atoms with Crippen LogP contribution in [0.1, 0.15) is 10.6 Å². The van der Waals surface area contributed by atoms with Crippen LogP contribution in [0.2, 0.25) is 0 Å². The number of anilines is 2. The molecule has 5 heteroatoms.